The lowest BCUT2D eigenvalue weighted by molar-refractivity contribution is 0.420. The molecule has 0 aliphatic carbocycles. The maximum atomic E-state index is 5.49. The molecule has 4 aromatic carbocycles. The van der Waals surface area contributed by atoms with Crippen LogP contribution in [0.25, 0.3) is 32.3 Å². The van der Waals surface area contributed by atoms with Gasteiger partial charge < -0.3 is 4.74 Å². The SMILES string of the molecule is COc1cccc2c1ccc1ccc3ccccc3c12. The Kier molecular flexibility index (Phi) is 2.40. The molecule has 1 heteroatoms. The van der Waals surface area contributed by atoms with Crippen LogP contribution in [0.3, 0.4) is 0 Å². The zero-order chi connectivity index (χ0) is 13.5. The monoisotopic (exact) mass is 258 g/mol. The van der Waals surface area contributed by atoms with Gasteiger partial charge >= 0.3 is 0 Å². The molecule has 0 bridgehead atoms. The van der Waals surface area contributed by atoms with E-state index in [0.717, 1.165) is 5.75 Å². The summed E-state index contributed by atoms with van der Waals surface area (Å²) in [5.74, 6) is 0.928. The number of rotatable bonds is 1. The number of ether oxygens (including phenoxy) is 1. The molecule has 20 heavy (non-hydrogen) atoms. The van der Waals surface area contributed by atoms with Crippen LogP contribution in [0.4, 0.5) is 0 Å². The van der Waals surface area contributed by atoms with Crippen LogP contribution in [0.5, 0.6) is 5.75 Å². The summed E-state index contributed by atoms with van der Waals surface area (Å²) in [5.41, 5.74) is 0. The maximum Gasteiger partial charge on any atom is 0.126 e. The number of fused-ring (bicyclic) bond motifs is 5. The van der Waals surface area contributed by atoms with Crippen molar-refractivity contribution in [1.82, 2.24) is 0 Å². The fraction of sp³-hybridized carbons (Fsp3) is 0.0526. The van der Waals surface area contributed by atoms with Crippen LogP contribution in [-0.2, 0) is 0 Å². The van der Waals surface area contributed by atoms with Crippen LogP contribution in [0.2, 0.25) is 0 Å². The molecular formula is C19H14O. The highest BCUT2D eigenvalue weighted by Gasteiger charge is 2.07. The second-order valence-corrected chi connectivity index (χ2v) is 5.01. The summed E-state index contributed by atoms with van der Waals surface area (Å²) in [6.45, 7) is 0. The topological polar surface area (TPSA) is 9.23 Å². The smallest absolute Gasteiger partial charge is 0.126 e. The first-order valence-corrected chi connectivity index (χ1v) is 6.76. The molecule has 0 spiro atoms. The Balaban J connectivity index is 2.31. The fourth-order valence-corrected chi connectivity index (χ4v) is 3.01. The molecule has 4 aromatic rings. The first-order chi connectivity index (χ1) is 9.88. The predicted octanol–water partition coefficient (Wildman–Crippen LogP) is 5.15. The zero-order valence-electron chi connectivity index (χ0n) is 11.3. The van der Waals surface area contributed by atoms with E-state index in [1.807, 2.05) is 6.07 Å². The number of benzene rings is 4. The van der Waals surface area contributed by atoms with Crippen LogP contribution in [0.15, 0.2) is 66.7 Å². The Hall–Kier alpha value is -2.54. The zero-order valence-corrected chi connectivity index (χ0v) is 11.3. The average molecular weight is 258 g/mol. The molecule has 0 aromatic heterocycles. The number of hydrogen-bond acceptors (Lipinski definition) is 1. The van der Waals surface area contributed by atoms with E-state index in [2.05, 4.69) is 60.7 Å². The third-order valence-electron chi connectivity index (χ3n) is 3.95. The van der Waals surface area contributed by atoms with Gasteiger partial charge in [0.15, 0.2) is 0 Å². The molecule has 4 rings (SSSR count). The van der Waals surface area contributed by atoms with Crippen LogP contribution in [0.1, 0.15) is 0 Å². The van der Waals surface area contributed by atoms with Gasteiger partial charge in [-0.25, -0.2) is 0 Å². The van der Waals surface area contributed by atoms with Crippen molar-refractivity contribution in [2.45, 2.75) is 0 Å². The highest BCUT2D eigenvalue weighted by atomic mass is 16.5. The van der Waals surface area contributed by atoms with Crippen molar-refractivity contribution >= 4 is 32.3 Å². The third-order valence-corrected chi connectivity index (χ3v) is 3.95. The largest absolute Gasteiger partial charge is 0.496 e. The first kappa shape index (κ1) is 11.3. The molecule has 0 aliphatic rings. The number of hydrogen-bond donors (Lipinski definition) is 0. The van der Waals surface area contributed by atoms with Gasteiger partial charge in [-0.15, -0.1) is 0 Å². The van der Waals surface area contributed by atoms with Gasteiger partial charge in [-0.2, -0.15) is 0 Å². The Morgan fingerprint density at radius 2 is 1.35 bits per heavy atom. The molecule has 0 aliphatic heterocycles. The molecule has 96 valence electrons. The normalized spacial score (nSPS) is 11.2. The van der Waals surface area contributed by atoms with Gasteiger partial charge in [0, 0.05) is 5.39 Å². The molecule has 0 N–H and O–H groups in total. The summed E-state index contributed by atoms with van der Waals surface area (Å²) >= 11 is 0. The first-order valence-electron chi connectivity index (χ1n) is 6.76. The molecular weight excluding hydrogens is 244 g/mol. The van der Waals surface area contributed by atoms with Crippen molar-refractivity contribution in [3.63, 3.8) is 0 Å². The molecule has 0 saturated carbocycles. The summed E-state index contributed by atoms with van der Waals surface area (Å²) in [6, 6.07) is 23.5. The average Bonchev–Trinajstić information content (AvgIpc) is 2.53. The van der Waals surface area contributed by atoms with Gasteiger partial charge in [-0.3, -0.25) is 0 Å². The van der Waals surface area contributed by atoms with E-state index in [1.165, 1.54) is 32.3 Å². The van der Waals surface area contributed by atoms with Crippen molar-refractivity contribution in [2.24, 2.45) is 0 Å². The van der Waals surface area contributed by atoms with Crippen molar-refractivity contribution < 1.29 is 4.74 Å². The Morgan fingerprint density at radius 3 is 2.25 bits per heavy atom. The second-order valence-electron chi connectivity index (χ2n) is 5.01. The highest BCUT2D eigenvalue weighted by molar-refractivity contribution is 6.20. The standard InChI is InChI=1S/C19H14O/c1-20-18-8-4-7-17-16(18)12-11-14-10-9-13-5-2-3-6-15(13)19(14)17/h2-12H,1H3. The van der Waals surface area contributed by atoms with E-state index < -0.39 is 0 Å². The lowest BCUT2D eigenvalue weighted by Gasteiger charge is -2.10. The quantitative estimate of drug-likeness (QED) is 0.429. The molecule has 0 atom stereocenters. The highest BCUT2D eigenvalue weighted by Crippen LogP contribution is 2.35. The van der Waals surface area contributed by atoms with E-state index in [0.29, 0.717) is 0 Å². The minimum atomic E-state index is 0.928. The van der Waals surface area contributed by atoms with Crippen molar-refractivity contribution in [2.75, 3.05) is 7.11 Å². The summed E-state index contributed by atoms with van der Waals surface area (Å²) in [5, 5.41) is 7.56. The van der Waals surface area contributed by atoms with Gasteiger partial charge in [0.1, 0.15) is 5.75 Å². The maximum absolute atomic E-state index is 5.49. The molecule has 0 fully saturated rings. The van der Waals surface area contributed by atoms with E-state index >= 15 is 0 Å². The molecule has 0 saturated heterocycles. The van der Waals surface area contributed by atoms with Crippen molar-refractivity contribution in [3.8, 4) is 5.75 Å². The van der Waals surface area contributed by atoms with Crippen molar-refractivity contribution in [1.29, 1.82) is 0 Å². The van der Waals surface area contributed by atoms with Gasteiger partial charge in [0.25, 0.3) is 0 Å². The predicted molar refractivity (Wildman–Crippen MR) is 85.5 cm³/mol. The Morgan fingerprint density at radius 1 is 0.600 bits per heavy atom. The molecule has 0 amide bonds. The fourth-order valence-electron chi connectivity index (χ4n) is 3.01. The molecule has 1 nitrogen and oxygen atoms in total. The molecule has 0 unspecified atom stereocenters. The van der Waals surface area contributed by atoms with Crippen LogP contribution in [0, 0.1) is 0 Å². The van der Waals surface area contributed by atoms with Gasteiger partial charge in [0.2, 0.25) is 0 Å². The molecule has 0 heterocycles. The Bertz CT molecular complexity index is 938. The minimum absolute atomic E-state index is 0.928. The second kappa shape index (κ2) is 4.24. The summed E-state index contributed by atoms with van der Waals surface area (Å²) in [7, 11) is 1.72. The van der Waals surface area contributed by atoms with Gasteiger partial charge in [-0.05, 0) is 33.0 Å². The lowest BCUT2D eigenvalue weighted by atomic mass is 9.96. The third kappa shape index (κ3) is 1.50. The van der Waals surface area contributed by atoms with E-state index in [4.69, 9.17) is 4.74 Å². The van der Waals surface area contributed by atoms with Crippen LogP contribution >= 0.6 is 0 Å². The van der Waals surface area contributed by atoms with Gasteiger partial charge in [0.05, 0.1) is 7.11 Å². The lowest BCUT2D eigenvalue weighted by Crippen LogP contribution is -1.86. The Labute approximate surface area is 117 Å². The van der Waals surface area contributed by atoms with Crippen LogP contribution < -0.4 is 4.74 Å². The summed E-state index contributed by atoms with van der Waals surface area (Å²) in [6.07, 6.45) is 0. The van der Waals surface area contributed by atoms with E-state index in [1.54, 1.807) is 7.11 Å². The summed E-state index contributed by atoms with van der Waals surface area (Å²) in [4.78, 5) is 0. The van der Waals surface area contributed by atoms with Gasteiger partial charge in [-0.1, -0.05) is 60.7 Å². The number of methoxy groups -OCH3 is 1. The summed E-state index contributed by atoms with van der Waals surface area (Å²) < 4.78 is 5.49. The van der Waals surface area contributed by atoms with Crippen LogP contribution in [-0.4, -0.2) is 7.11 Å². The van der Waals surface area contributed by atoms with E-state index in [-0.39, 0.29) is 0 Å². The minimum Gasteiger partial charge on any atom is -0.496 e. The molecule has 0 radical (unpaired) electrons. The van der Waals surface area contributed by atoms with Crippen molar-refractivity contribution in [3.05, 3.63) is 66.7 Å². The van der Waals surface area contributed by atoms with E-state index in [9.17, 15) is 0 Å².